The molecule has 0 saturated heterocycles. The number of aromatic nitrogens is 2. The number of halogens is 1. The van der Waals surface area contributed by atoms with Crippen LogP contribution >= 0.6 is 0 Å². The number of allylic oxidation sites excluding steroid dienone is 1. The molecule has 0 aliphatic rings. The van der Waals surface area contributed by atoms with Crippen LogP contribution < -0.4 is 4.31 Å². The van der Waals surface area contributed by atoms with Crippen molar-refractivity contribution < 1.29 is 12.8 Å². The number of hydrogen-bond donors (Lipinski definition) is 0. The van der Waals surface area contributed by atoms with Gasteiger partial charge in [-0.1, -0.05) is 23.8 Å². The van der Waals surface area contributed by atoms with Crippen LogP contribution in [0.25, 0.3) is 10.9 Å². The van der Waals surface area contributed by atoms with Crippen molar-refractivity contribution in [1.82, 2.24) is 9.55 Å². The fourth-order valence-corrected chi connectivity index (χ4v) is 5.46. The van der Waals surface area contributed by atoms with E-state index in [1.54, 1.807) is 30.5 Å². The summed E-state index contributed by atoms with van der Waals surface area (Å²) < 4.78 is 44.5. The number of benzene rings is 2. The largest absolute Gasteiger partial charge is 0.339 e. The van der Waals surface area contributed by atoms with Gasteiger partial charge in [-0.25, -0.2) is 12.8 Å². The topological polar surface area (TPSA) is 55.2 Å². The van der Waals surface area contributed by atoms with Gasteiger partial charge in [0.2, 0.25) is 0 Å². The average Bonchev–Trinajstić information content (AvgIpc) is 3.04. The van der Waals surface area contributed by atoms with Crippen LogP contribution in [0.1, 0.15) is 22.5 Å². The standard InChI is InChI=1S/C26H26FN3O2S/c1-5-16-29-20(4)19(3)24-14-15-28-25(26(24)29)17-30(22-10-8-21(27)9-11-22)33(31,32)23-12-6-18(2)7-13-23/h5-15H,1,16-17H2,2-4H3. The molecular weight excluding hydrogens is 437 g/mol. The summed E-state index contributed by atoms with van der Waals surface area (Å²) in [5.74, 6) is -0.433. The molecule has 0 aliphatic carbocycles. The van der Waals surface area contributed by atoms with Gasteiger partial charge in [-0.2, -0.15) is 0 Å². The monoisotopic (exact) mass is 463 g/mol. The zero-order chi connectivity index (χ0) is 23.8. The van der Waals surface area contributed by atoms with Crippen molar-refractivity contribution in [1.29, 1.82) is 0 Å². The average molecular weight is 464 g/mol. The van der Waals surface area contributed by atoms with Gasteiger partial charge >= 0.3 is 0 Å². The molecule has 0 bridgehead atoms. The zero-order valence-corrected chi connectivity index (χ0v) is 19.7. The lowest BCUT2D eigenvalue weighted by molar-refractivity contribution is 0.589. The predicted octanol–water partition coefficient (Wildman–Crippen LogP) is 5.68. The van der Waals surface area contributed by atoms with Crippen LogP contribution in [-0.4, -0.2) is 18.0 Å². The summed E-state index contributed by atoms with van der Waals surface area (Å²) in [4.78, 5) is 4.74. The molecule has 170 valence electrons. The molecular formula is C26H26FN3O2S. The molecule has 0 radical (unpaired) electrons. The number of fused-ring (bicyclic) bond motifs is 1. The molecule has 0 atom stereocenters. The van der Waals surface area contributed by atoms with E-state index in [2.05, 4.69) is 16.1 Å². The highest BCUT2D eigenvalue weighted by Crippen LogP contribution is 2.31. The number of anilines is 1. The zero-order valence-electron chi connectivity index (χ0n) is 18.9. The molecule has 2 heterocycles. The summed E-state index contributed by atoms with van der Waals surface area (Å²) in [6.07, 6.45) is 3.51. The first-order valence-electron chi connectivity index (χ1n) is 10.6. The molecule has 7 heteroatoms. The van der Waals surface area contributed by atoms with Crippen LogP contribution in [0.3, 0.4) is 0 Å². The molecule has 2 aromatic heterocycles. The second-order valence-electron chi connectivity index (χ2n) is 8.06. The number of pyridine rings is 1. The second-order valence-corrected chi connectivity index (χ2v) is 9.93. The SMILES string of the molecule is C=CCn1c(C)c(C)c2ccnc(CN(c3ccc(F)cc3)S(=O)(=O)c3ccc(C)cc3)c21. The highest BCUT2D eigenvalue weighted by molar-refractivity contribution is 7.92. The van der Waals surface area contributed by atoms with Gasteiger partial charge in [-0.3, -0.25) is 9.29 Å². The number of hydrogen-bond acceptors (Lipinski definition) is 3. The third-order valence-corrected chi connectivity index (χ3v) is 7.74. The molecule has 33 heavy (non-hydrogen) atoms. The Bertz CT molecular complexity index is 1420. The van der Waals surface area contributed by atoms with E-state index in [0.29, 0.717) is 17.9 Å². The molecule has 0 spiro atoms. The van der Waals surface area contributed by atoms with Crippen LogP contribution in [0, 0.1) is 26.6 Å². The maximum Gasteiger partial charge on any atom is 0.264 e. The maximum atomic E-state index is 13.7. The minimum Gasteiger partial charge on any atom is -0.339 e. The highest BCUT2D eigenvalue weighted by atomic mass is 32.2. The molecule has 4 rings (SSSR count). The third kappa shape index (κ3) is 4.16. The van der Waals surface area contributed by atoms with Gasteiger partial charge < -0.3 is 4.57 Å². The van der Waals surface area contributed by atoms with Gasteiger partial charge in [-0.05, 0) is 68.8 Å². The minimum atomic E-state index is -3.94. The van der Waals surface area contributed by atoms with Gasteiger partial charge in [-0.15, -0.1) is 6.58 Å². The summed E-state index contributed by atoms with van der Waals surface area (Å²) in [6.45, 7) is 10.4. The summed E-state index contributed by atoms with van der Waals surface area (Å²) in [6, 6.07) is 14.1. The Morgan fingerprint density at radius 2 is 1.70 bits per heavy atom. The predicted molar refractivity (Wildman–Crippen MR) is 130 cm³/mol. The molecule has 0 amide bonds. The van der Waals surface area contributed by atoms with Crippen LogP contribution in [0.2, 0.25) is 0 Å². The Morgan fingerprint density at radius 3 is 2.33 bits per heavy atom. The first-order valence-corrected chi connectivity index (χ1v) is 12.1. The summed E-state index contributed by atoms with van der Waals surface area (Å²) in [7, 11) is -3.94. The lowest BCUT2D eigenvalue weighted by Gasteiger charge is -2.25. The lowest BCUT2D eigenvalue weighted by Crippen LogP contribution is -2.31. The Hall–Kier alpha value is -3.45. The molecule has 4 aromatic rings. The van der Waals surface area contributed by atoms with Crippen molar-refractivity contribution in [2.75, 3.05) is 4.31 Å². The summed E-state index contributed by atoms with van der Waals surface area (Å²) in [5.41, 5.74) is 5.01. The maximum absolute atomic E-state index is 13.7. The number of nitrogens with zero attached hydrogens (tertiary/aromatic N) is 3. The van der Waals surface area contributed by atoms with Gasteiger partial charge in [0, 0.05) is 23.8 Å². The Morgan fingerprint density at radius 1 is 1.03 bits per heavy atom. The fourth-order valence-electron chi connectivity index (χ4n) is 4.04. The van der Waals surface area contributed by atoms with E-state index in [4.69, 9.17) is 0 Å². The van der Waals surface area contributed by atoms with Crippen LogP contribution in [0.4, 0.5) is 10.1 Å². The van der Waals surface area contributed by atoms with E-state index in [9.17, 15) is 12.8 Å². The molecule has 5 nitrogen and oxygen atoms in total. The third-order valence-electron chi connectivity index (χ3n) is 5.95. The van der Waals surface area contributed by atoms with E-state index in [1.165, 1.54) is 28.6 Å². The first kappa shape index (κ1) is 22.7. The van der Waals surface area contributed by atoms with Gasteiger partial charge in [0.05, 0.1) is 28.3 Å². The second kappa shape index (κ2) is 8.83. The lowest BCUT2D eigenvalue weighted by atomic mass is 10.1. The number of rotatable bonds is 7. The van der Waals surface area contributed by atoms with Crippen LogP contribution in [0.15, 0.2) is 78.3 Å². The first-order chi connectivity index (χ1) is 15.7. The van der Waals surface area contributed by atoms with Crippen molar-refractivity contribution in [2.24, 2.45) is 0 Å². The molecule has 0 unspecified atom stereocenters. The van der Waals surface area contributed by atoms with E-state index >= 15 is 0 Å². The fraction of sp³-hybridized carbons (Fsp3) is 0.192. The van der Waals surface area contributed by atoms with E-state index in [-0.39, 0.29) is 11.4 Å². The van der Waals surface area contributed by atoms with Crippen molar-refractivity contribution in [3.05, 3.63) is 102 Å². The molecule has 0 N–H and O–H groups in total. The summed E-state index contributed by atoms with van der Waals surface area (Å²) in [5, 5.41) is 1.02. The van der Waals surface area contributed by atoms with Crippen LogP contribution in [0.5, 0.6) is 0 Å². The smallest absolute Gasteiger partial charge is 0.264 e. The van der Waals surface area contributed by atoms with E-state index in [1.807, 2.05) is 32.9 Å². The molecule has 2 aromatic carbocycles. The molecule has 0 fully saturated rings. The molecule has 0 aliphatic heterocycles. The minimum absolute atomic E-state index is 0.000775. The van der Waals surface area contributed by atoms with Crippen molar-refractivity contribution in [3.63, 3.8) is 0 Å². The van der Waals surface area contributed by atoms with E-state index < -0.39 is 15.8 Å². The Balaban J connectivity index is 1.90. The van der Waals surface area contributed by atoms with Crippen molar-refractivity contribution in [3.8, 4) is 0 Å². The highest BCUT2D eigenvalue weighted by Gasteiger charge is 2.27. The van der Waals surface area contributed by atoms with Crippen molar-refractivity contribution in [2.45, 2.75) is 38.8 Å². The molecule has 0 saturated carbocycles. The summed E-state index contributed by atoms with van der Waals surface area (Å²) >= 11 is 0. The quantitative estimate of drug-likeness (QED) is 0.331. The Kier molecular flexibility index (Phi) is 6.08. The number of aryl methyl sites for hydroxylation is 2. The number of sulfonamides is 1. The van der Waals surface area contributed by atoms with Gasteiger partial charge in [0.25, 0.3) is 10.0 Å². The van der Waals surface area contributed by atoms with Crippen LogP contribution in [-0.2, 0) is 23.1 Å². The van der Waals surface area contributed by atoms with Gasteiger partial charge in [0.1, 0.15) is 5.82 Å². The van der Waals surface area contributed by atoms with Crippen molar-refractivity contribution >= 4 is 26.6 Å². The van der Waals surface area contributed by atoms with E-state index in [0.717, 1.165) is 27.7 Å². The Labute approximate surface area is 193 Å². The normalized spacial score (nSPS) is 11.6. The van der Waals surface area contributed by atoms with Gasteiger partial charge in [0.15, 0.2) is 0 Å².